The molecule has 7 heteroatoms. The Bertz CT molecular complexity index is 1490. The lowest BCUT2D eigenvalue weighted by molar-refractivity contribution is -0.111. The van der Waals surface area contributed by atoms with Gasteiger partial charge >= 0.3 is 0 Å². The van der Waals surface area contributed by atoms with Crippen LogP contribution in [0.25, 0.3) is 10.9 Å². The second-order valence-electron chi connectivity index (χ2n) is 9.88. The van der Waals surface area contributed by atoms with Gasteiger partial charge in [-0.15, -0.1) is 5.10 Å². The number of hydrogen-bond acceptors (Lipinski definition) is 5. The van der Waals surface area contributed by atoms with Gasteiger partial charge in [0.25, 0.3) is 0 Å². The molecule has 0 aliphatic carbocycles. The minimum atomic E-state index is -0.366. The van der Waals surface area contributed by atoms with Crippen molar-refractivity contribution in [3.8, 4) is 0 Å². The lowest BCUT2D eigenvalue weighted by atomic mass is 10.1. The molecule has 0 saturated carbocycles. The van der Waals surface area contributed by atoms with E-state index < -0.39 is 0 Å². The van der Waals surface area contributed by atoms with E-state index in [1.165, 1.54) is 24.8 Å². The van der Waals surface area contributed by atoms with Crippen molar-refractivity contribution in [2.24, 2.45) is 5.10 Å². The van der Waals surface area contributed by atoms with Crippen LogP contribution in [-0.4, -0.2) is 29.7 Å². The van der Waals surface area contributed by atoms with Crippen LogP contribution in [0.1, 0.15) is 43.5 Å². The van der Waals surface area contributed by atoms with Crippen molar-refractivity contribution in [3.63, 3.8) is 0 Å². The van der Waals surface area contributed by atoms with Crippen molar-refractivity contribution in [2.75, 3.05) is 27.9 Å². The number of carbonyl (C=O) groups is 1. The zero-order valence-electron chi connectivity index (χ0n) is 21.1. The number of para-hydroxylation sites is 1. The van der Waals surface area contributed by atoms with Gasteiger partial charge < -0.3 is 9.88 Å². The number of rotatable bonds is 5. The van der Waals surface area contributed by atoms with Crippen molar-refractivity contribution in [1.82, 2.24) is 4.98 Å². The number of piperidine rings is 1. The van der Waals surface area contributed by atoms with E-state index in [-0.39, 0.29) is 11.9 Å². The Morgan fingerprint density at radius 2 is 1.70 bits per heavy atom. The number of hydrogen-bond donors (Lipinski definition) is 1. The van der Waals surface area contributed by atoms with Gasteiger partial charge in [0, 0.05) is 48.4 Å². The number of amidine groups is 1. The molecule has 1 saturated heterocycles. The van der Waals surface area contributed by atoms with Crippen molar-refractivity contribution < 1.29 is 4.79 Å². The van der Waals surface area contributed by atoms with Crippen molar-refractivity contribution in [1.29, 1.82) is 0 Å². The van der Waals surface area contributed by atoms with Gasteiger partial charge in [0.2, 0.25) is 0 Å². The first-order valence-electron chi connectivity index (χ1n) is 12.9. The van der Waals surface area contributed by atoms with Crippen LogP contribution in [0.2, 0.25) is 5.02 Å². The summed E-state index contributed by atoms with van der Waals surface area (Å²) in [6, 6.07) is 22.6. The van der Waals surface area contributed by atoms with Gasteiger partial charge in [0.05, 0.1) is 16.4 Å². The van der Waals surface area contributed by atoms with E-state index in [2.05, 4.69) is 53.2 Å². The van der Waals surface area contributed by atoms with Crippen LogP contribution < -0.4 is 14.8 Å². The van der Waals surface area contributed by atoms with Gasteiger partial charge in [0.15, 0.2) is 17.8 Å². The quantitative estimate of drug-likeness (QED) is 0.312. The molecular weight excluding hydrogens is 482 g/mol. The summed E-state index contributed by atoms with van der Waals surface area (Å²) in [4.78, 5) is 20.8. The molecule has 3 aromatic carbocycles. The number of aromatic amines is 1. The molecule has 1 aromatic heterocycles. The zero-order chi connectivity index (χ0) is 25.5. The lowest BCUT2D eigenvalue weighted by Gasteiger charge is -2.33. The third kappa shape index (κ3) is 4.25. The zero-order valence-corrected chi connectivity index (χ0v) is 21.9. The van der Waals surface area contributed by atoms with E-state index in [0.717, 1.165) is 46.6 Å². The molecule has 1 atom stereocenters. The van der Waals surface area contributed by atoms with Crippen LogP contribution in [0.5, 0.6) is 0 Å². The van der Waals surface area contributed by atoms with Crippen molar-refractivity contribution >= 4 is 51.2 Å². The summed E-state index contributed by atoms with van der Waals surface area (Å²) in [5.74, 6) is 0.285. The predicted octanol–water partition coefficient (Wildman–Crippen LogP) is 7.05. The third-order valence-corrected chi connectivity index (χ3v) is 7.63. The number of ketones is 1. The van der Waals surface area contributed by atoms with E-state index in [1.54, 1.807) is 6.92 Å². The predicted molar refractivity (Wildman–Crippen MR) is 153 cm³/mol. The highest BCUT2D eigenvalue weighted by molar-refractivity contribution is 6.44. The van der Waals surface area contributed by atoms with Crippen molar-refractivity contribution in [3.05, 3.63) is 89.1 Å². The molecule has 2 aliphatic rings. The molecule has 1 unspecified atom stereocenters. The van der Waals surface area contributed by atoms with Crippen LogP contribution in [0.4, 0.5) is 17.1 Å². The van der Waals surface area contributed by atoms with E-state index >= 15 is 0 Å². The van der Waals surface area contributed by atoms with Crippen LogP contribution in [0.15, 0.2) is 78.0 Å². The first-order chi connectivity index (χ1) is 18.0. The van der Waals surface area contributed by atoms with E-state index in [4.69, 9.17) is 16.7 Å². The number of aromatic nitrogens is 1. The van der Waals surface area contributed by atoms with Gasteiger partial charge in [-0.1, -0.05) is 47.5 Å². The van der Waals surface area contributed by atoms with Gasteiger partial charge in [0.1, 0.15) is 0 Å². The molecule has 0 bridgehead atoms. The molecule has 2 aliphatic heterocycles. The molecule has 1 N–H and O–H groups in total. The fourth-order valence-corrected chi connectivity index (χ4v) is 5.74. The van der Waals surface area contributed by atoms with Crippen LogP contribution >= 0.6 is 11.6 Å². The molecule has 37 heavy (non-hydrogen) atoms. The minimum Gasteiger partial charge on any atom is -0.370 e. The highest BCUT2D eigenvalue weighted by atomic mass is 35.5. The number of anilines is 3. The molecule has 3 heterocycles. The average Bonchev–Trinajstić information content (AvgIpc) is 3.51. The van der Waals surface area contributed by atoms with Crippen molar-refractivity contribution in [2.45, 2.75) is 39.3 Å². The van der Waals surface area contributed by atoms with Crippen LogP contribution in [0, 0.1) is 6.92 Å². The molecule has 6 rings (SSSR count). The number of carbonyl (C=O) groups excluding carboxylic acids is 1. The first kappa shape index (κ1) is 23.6. The Morgan fingerprint density at radius 1 is 0.973 bits per heavy atom. The van der Waals surface area contributed by atoms with E-state index in [1.807, 2.05) is 46.4 Å². The fraction of sp³-hybridized carbons (Fsp3) is 0.267. The SMILES string of the molecule is CC(=O)C1=NN(c2ccc(C)cc2)C(c2c[nH]c3ccccc23)N1c1ccc(N2CCCCC2)c(Cl)c1. The second-order valence-corrected chi connectivity index (χ2v) is 10.3. The molecule has 0 amide bonds. The maximum atomic E-state index is 13.0. The first-order valence-corrected chi connectivity index (χ1v) is 13.2. The fourth-order valence-electron chi connectivity index (χ4n) is 5.45. The van der Waals surface area contributed by atoms with Gasteiger partial charge in [-0.3, -0.25) is 9.69 Å². The number of aryl methyl sites for hydroxylation is 1. The summed E-state index contributed by atoms with van der Waals surface area (Å²) in [7, 11) is 0. The minimum absolute atomic E-state index is 0.101. The number of nitrogens with zero attached hydrogens (tertiary/aromatic N) is 4. The monoisotopic (exact) mass is 511 g/mol. The Morgan fingerprint density at radius 3 is 2.43 bits per heavy atom. The normalized spacial score (nSPS) is 18.0. The number of halogens is 1. The molecule has 188 valence electrons. The summed E-state index contributed by atoms with van der Waals surface area (Å²) in [5.41, 5.74) is 6.04. The maximum Gasteiger partial charge on any atom is 0.198 e. The summed E-state index contributed by atoms with van der Waals surface area (Å²) in [6.07, 6.45) is 5.28. The maximum absolute atomic E-state index is 13.0. The number of fused-ring (bicyclic) bond motifs is 1. The highest BCUT2D eigenvalue weighted by Crippen LogP contribution is 2.43. The number of H-pyrrole nitrogens is 1. The summed E-state index contributed by atoms with van der Waals surface area (Å²) < 4.78 is 0. The van der Waals surface area contributed by atoms with Gasteiger partial charge in [-0.25, -0.2) is 5.01 Å². The topological polar surface area (TPSA) is 54.9 Å². The second kappa shape index (κ2) is 9.60. The largest absolute Gasteiger partial charge is 0.370 e. The summed E-state index contributed by atoms with van der Waals surface area (Å²) >= 11 is 6.89. The Labute approximate surface area is 222 Å². The molecule has 0 radical (unpaired) electrons. The number of benzene rings is 3. The van der Waals surface area contributed by atoms with Gasteiger partial charge in [-0.2, -0.15) is 0 Å². The highest BCUT2D eigenvalue weighted by Gasteiger charge is 2.40. The Hall–Kier alpha value is -3.77. The third-order valence-electron chi connectivity index (χ3n) is 7.33. The molecule has 1 fully saturated rings. The lowest BCUT2D eigenvalue weighted by Crippen LogP contribution is -2.38. The molecule has 0 spiro atoms. The van der Waals surface area contributed by atoms with E-state index in [0.29, 0.717) is 10.9 Å². The molecule has 4 aromatic rings. The average molecular weight is 512 g/mol. The smallest absolute Gasteiger partial charge is 0.198 e. The number of nitrogens with one attached hydrogen (secondary N) is 1. The molecule has 6 nitrogen and oxygen atoms in total. The molecular formula is C30H30ClN5O. The van der Waals surface area contributed by atoms with E-state index in [9.17, 15) is 4.79 Å². The van der Waals surface area contributed by atoms with Crippen LogP contribution in [0.3, 0.4) is 0 Å². The Balaban J connectivity index is 1.50. The standard InChI is InChI=1S/C30H30ClN5O/c1-20-10-12-22(13-11-20)36-30(25-19-32-27-9-5-4-8-24(25)27)35(29(33-36)21(2)37)23-14-15-28(26(31)18-23)34-16-6-3-7-17-34/h4-5,8-15,18-19,30,32H,3,6-7,16-17H2,1-2H3. The van der Waals surface area contributed by atoms with Gasteiger partial charge in [-0.05, 0) is 62.6 Å². The summed E-state index contributed by atoms with van der Waals surface area (Å²) in [6.45, 7) is 5.66. The van der Waals surface area contributed by atoms with Crippen LogP contribution in [-0.2, 0) is 4.79 Å². The Kier molecular flexibility index (Phi) is 6.13. The number of hydrazone groups is 1. The summed E-state index contributed by atoms with van der Waals surface area (Å²) in [5, 5.41) is 8.61. The number of Topliss-reactive ketones (excluding diaryl/α,β-unsaturated/α-hetero) is 1.